The number of carbonyl (C=O) groups is 3. The molecule has 6 nitrogen and oxygen atoms in total. The van der Waals surface area contributed by atoms with Crippen LogP contribution in [-0.4, -0.2) is 35.2 Å². The molecule has 0 aromatic heterocycles. The zero-order valence-electron chi connectivity index (χ0n) is 12.8. The molecule has 13 heteroatoms. The fourth-order valence-corrected chi connectivity index (χ4v) is 4.91. The second-order valence-electron chi connectivity index (χ2n) is 4.05. The summed E-state index contributed by atoms with van der Waals surface area (Å²) in [5, 5.41) is 0. The van der Waals surface area contributed by atoms with E-state index >= 15 is 0 Å². The second-order valence-corrected chi connectivity index (χ2v) is 12.7. The summed E-state index contributed by atoms with van der Waals surface area (Å²) in [6.07, 6.45) is 0. The Labute approximate surface area is 201 Å². The molecule has 0 fully saturated rings. The monoisotopic (exact) mass is 791 g/mol. The van der Waals surface area contributed by atoms with Crippen LogP contribution in [0.1, 0.15) is 20.8 Å². The Morgan fingerprint density at radius 2 is 0.760 bits per heavy atom. The molecule has 0 atom stereocenters. The van der Waals surface area contributed by atoms with Crippen molar-refractivity contribution in [1.82, 2.24) is 0 Å². The van der Waals surface area contributed by atoms with Crippen LogP contribution in [0.4, 0.5) is 0 Å². The van der Waals surface area contributed by atoms with E-state index < -0.39 is 35.2 Å². The molecule has 0 rings (SSSR count). The Hall–Kier alpha value is 1.15. The first kappa shape index (κ1) is 26.1. The van der Waals surface area contributed by atoms with Crippen LogP contribution in [0.5, 0.6) is 0 Å². The van der Waals surface area contributed by atoms with E-state index in [0.29, 0.717) is 13.4 Å². The average Bonchev–Trinajstić information content (AvgIpc) is 2.51. The number of carbonyl (C=O) groups excluding carboxylic acids is 3. The van der Waals surface area contributed by atoms with Crippen LogP contribution in [0.25, 0.3) is 0 Å². The van der Waals surface area contributed by atoms with Gasteiger partial charge in [0.1, 0.15) is 0 Å². The Bertz CT molecular complexity index is 569. The van der Waals surface area contributed by atoms with Crippen LogP contribution in [0.3, 0.4) is 0 Å². The molecule has 0 spiro atoms. The molecule has 0 bridgehead atoms. The van der Waals surface area contributed by atoms with Crippen LogP contribution < -0.4 is 0 Å². The molecule has 0 saturated heterocycles. The second kappa shape index (κ2) is 12.6. The fourth-order valence-electron chi connectivity index (χ4n) is 0.911. The van der Waals surface area contributed by atoms with E-state index in [1.165, 1.54) is 0 Å². The van der Waals surface area contributed by atoms with Gasteiger partial charge >= 0.3 is 203 Å². The Balaban J connectivity index is 5.46. The number of hydrogen-bond donors (Lipinski definition) is 0. The van der Waals surface area contributed by atoms with Crippen molar-refractivity contribution in [3.8, 4) is 0 Å². The van der Waals surface area contributed by atoms with E-state index in [2.05, 4.69) is 95.6 Å². The molecule has 0 aliphatic heterocycles. The van der Waals surface area contributed by atoms with Gasteiger partial charge in [0.2, 0.25) is 0 Å². The van der Waals surface area contributed by atoms with Crippen LogP contribution >= 0.6 is 95.6 Å². The van der Waals surface area contributed by atoms with Gasteiger partial charge in [-0.05, 0) is 0 Å². The van der Waals surface area contributed by atoms with Gasteiger partial charge in [0.15, 0.2) is 0 Å². The van der Waals surface area contributed by atoms with Crippen molar-refractivity contribution >= 4 is 131 Å². The molecule has 0 aliphatic carbocycles. The van der Waals surface area contributed by atoms with E-state index in [1.807, 2.05) is 0 Å². The summed E-state index contributed by atoms with van der Waals surface area (Å²) in [5.41, 5.74) is 0. The number of rotatable bonds is 6. The summed E-state index contributed by atoms with van der Waals surface area (Å²) in [7, 11) is 0. The third-order valence-electron chi connectivity index (χ3n) is 2.05. The van der Waals surface area contributed by atoms with Gasteiger partial charge in [-0.25, -0.2) is 0 Å². The molecule has 0 unspecified atom stereocenters. The SMILES string of the molecule is C/C(Br)=C(\Br)C(=O)[O][Ga]([O]C(=O)/C(Br)=C(/C)Br)[O]C(=O)/C(Br)=C(/C)Br. The van der Waals surface area contributed by atoms with Gasteiger partial charge in [-0.15, -0.1) is 0 Å². The minimum atomic E-state index is -4.06. The first-order valence-electron chi connectivity index (χ1n) is 6.07. The predicted molar refractivity (Wildman–Crippen MR) is 116 cm³/mol. The quantitative estimate of drug-likeness (QED) is 0.255. The van der Waals surface area contributed by atoms with Gasteiger partial charge in [0.25, 0.3) is 0 Å². The average molecular weight is 798 g/mol. The first-order chi connectivity index (χ1) is 11.4. The number of halogens is 6. The predicted octanol–water partition coefficient (Wildman–Crippen LogP) is 5.66. The van der Waals surface area contributed by atoms with Gasteiger partial charge < -0.3 is 0 Å². The minimum absolute atomic E-state index is 0.0767. The Morgan fingerprint density at radius 3 is 0.920 bits per heavy atom. The number of allylic oxidation sites excluding steroid dienone is 3. The normalized spacial score (nSPS) is 13.8. The van der Waals surface area contributed by atoms with Crippen LogP contribution in [-0.2, 0) is 25.0 Å². The third kappa shape index (κ3) is 9.76. The number of hydrogen-bond acceptors (Lipinski definition) is 6. The fraction of sp³-hybridized carbons (Fsp3) is 0.250. The van der Waals surface area contributed by atoms with Crippen LogP contribution in [0.2, 0.25) is 0 Å². The summed E-state index contributed by atoms with van der Waals surface area (Å²) in [4.78, 5) is 36.0. The van der Waals surface area contributed by atoms with Crippen LogP contribution in [0, 0.1) is 0 Å². The van der Waals surface area contributed by atoms with Crippen molar-refractivity contribution in [1.29, 1.82) is 0 Å². The Morgan fingerprint density at radius 1 is 0.560 bits per heavy atom. The molecule has 0 aromatic rings. The van der Waals surface area contributed by atoms with Crippen molar-refractivity contribution in [3.05, 3.63) is 26.9 Å². The van der Waals surface area contributed by atoms with Crippen molar-refractivity contribution in [3.63, 3.8) is 0 Å². The van der Waals surface area contributed by atoms with Gasteiger partial charge in [0, 0.05) is 0 Å². The molecule has 0 saturated carbocycles. The summed E-state index contributed by atoms with van der Waals surface area (Å²) < 4.78 is 16.9. The summed E-state index contributed by atoms with van der Waals surface area (Å²) in [6.45, 7) is 4.81. The molecule has 0 N–H and O–H groups in total. The summed E-state index contributed by atoms with van der Waals surface area (Å²) >= 11 is 14.4. The van der Waals surface area contributed by atoms with E-state index in [-0.39, 0.29) is 13.4 Å². The van der Waals surface area contributed by atoms with E-state index in [9.17, 15) is 14.4 Å². The van der Waals surface area contributed by atoms with E-state index in [1.54, 1.807) is 20.8 Å². The van der Waals surface area contributed by atoms with Crippen LogP contribution in [0.15, 0.2) is 26.9 Å². The van der Waals surface area contributed by atoms with E-state index in [0.717, 1.165) is 0 Å². The maximum atomic E-state index is 12.0. The molecule has 0 aromatic carbocycles. The molecule has 0 amide bonds. The molecule has 0 aliphatic rings. The maximum absolute atomic E-state index is 12.0. The zero-order chi connectivity index (χ0) is 19.9. The van der Waals surface area contributed by atoms with Gasteiger partial charge in [-0.2, -0.15) is 0 Å². The van der Waals surface area contributed by atoms with Gasteiger partial charge in [-0.3, -0.25) is 0 Å². The molecule has 0 heterocycles. The summed E-state index contributed by atoms with van der Waals surface area (Å²) in [6, 6.07) is 0. The molecular weight excluding hydrogens is 789 g/mol. The van der Waals surface area contributed by atoms with Crippen molar-refractivity contribution < 1.29 is 25.0 Å². The zero-order valence-corrected chi connectivity index (χ0v) is 24.7. The van der Waals surface area contributed by atoms with Crippen molar-refractivity contribution in [2.45, 2.75) is 20.8 Å². The molecule has 0 radical (unpaired) electrons. The van der Waals surface area contributed by atoms with E-state index in [4.69, 9.17) is 10.6 Å². The topological polar surface area (TPSA) is 78.9 Å². The van der Waals surface area contributed by atoms with Gasteiger partial charge in [-0.1, -0.05) is 0 Å². The van der Waals surface area contributed by atoms with Gasteiger partial charge in [0.05, 0.1) is 0 Å². The van der Waals surface area contributed by atoms with Crippen molar-refractivity contribution in [2.24, 2.45) is 0 Å². The molecular formula is C12H9Br6GaO6. The Kier molecular flexibility index (Phi) is 13.2. The van der Waals surface area contributed by atoms with Crippen molar-refractivity contribution in [2.75, 3.05) is 0 Å². The summed E-state index contributed by atoms with van der Waals surface area (Å²) in [5.74, 6) is -2.48. The molecule has 138 valence electrons. The third-order valence-corrected chi connectivity index (χ3v) is 10.2. The standard InChI is InChI=1S/3C4H4Br2O2.Ga/c3*1-2(5)3(6)4(7)8;/h3*1H3,(H,7,8);/q;;;+3/p-3/b3*3-2+;. The first-order valence-corrected chi connectivity index (χ1v) is 13.8. The molecule has 25 heavy (non-hydrogen) atoms.